The maximum Gasteiger partial charge on any atom is 0.410 e. The first-order chi connectivity index (χ1) is 7.85. The molecule has 7 heteroatoms. The Hall–Kier alpha value is -1.66. The van der Waals surface area contributed by atoms with Crippen LogP contribution >= 0.6 is 0 Å². The molecule has 1 heterocycles. The summed E-state index contributed by atoms with van der Waals surface area (Å²) in [4.78, 5) is 22.7. The Morgan fingerprint density at radius 2 is 2.24 bits per heavy atom. The summed E-state index contributed by atoms with van der Waals surface area (Å²) in [5.74, 6) is -4.29. The SMILES string of the molecule is C=CCOC(=O)N1CC(F)(F)C[C@H]1CC(=O)O. The van der Waals surface area contributed by atoms with Crippen LogP contribution in [0.25, 0.3) is 0 Å². The van der Waals surface area contributed by atoms with Crippen molar-refractivity contribution in [1.29, 1.82) is 0 Å². The maximum absolute atomic E-state index is 13.1. The second kappa shape index (κ2) is 5.11. The fraction of sp³-hybridized carbons (Fsp3) is 0.600. The molecule has 0 spiro atoms. The van der Waals surface area contributed by atoms with E-state index in [1.807, 2.05) is 0 Å². The van der Waals surface area contributed by atoms with Crippen molar-refractivity contribution in [3.05, 3.63) is 12.7 Å². The predicted molar refractivity (Wildman–Crippen MR) is 53.9 cm³/mol. The summed E-state index contributed by atoms with van der Waals surface area (Å²) in [6.07, 6.45) is -0.798. The van der Waals surface area contributed by atoms with E-state index in [2.05, 4.69) is 11.3 Å². The molecule has 5 nitrogen and oxygen atoms in total. The molecule has 1 fully saturated rings. The molecule has 0 bridgehead atoms. The van der Waals surface area contributed by atoms with Crippen molar-refractivity contribution in [2.75, 3.05) is 13.2 Å². The number of aliphatic carboxylic acids is 1. The van der Waals surface area contributed by atoms with Gasteiger partial charge in [-0.25, -0.2) is 13.6 Å². The van der Waals surface area contributed by atoms with Crippen molar-refractivity contribution < 1.29 is 28.2 Å². The summed E-state index contributed by atoms with van der Waals surface area (Å²) in [7, 11) is 0. The number of carbonyl (C=O) groups excluding carboxylic acids is 1. The minimum Gasteiger partial charge on any atom is -0.481 e. The number of carbonyl (C=O) groups is 2. The van der Waals surface area contributed by atoms with E-state index in [4.69, 9.17) is 5.11 Å². The van der Waals surface area contributed by atoms with Crippen LogP contribution in [0.5, 0.6) is 0 Å². The Morgan fingerprint density at radius 1 is 1.59 bits per heavy atom. The normalized spacial score (nSPS) is 22.2. The minimum absolute atomic E-state index is 0.0965. The fourth-order valence-electron chi connectivity index (χ4n) is 1.71. The number of likely N-dealkylation sites (tertiary alicyclic amines) is 1. The van der Waals surface area contributed by atoms with Gasteiger partial charge in [-0.05, 0) is 0 Å². The molecule has 0 radical (unpaired) electrons. The zero-order valence-corrected chi connectivity index (χ0v) is 9.07. The Bertz CT molecular complexity index is 332. The molecule has 0 aromatic heterocycles. The molecule has 1 atom stereocenters. The number of alkyl halides is 2. The molecular weight excluding hydrogens is 236 g/mol. The Balaban J connectivity index is 2.69. The maximum atomic E-state index is 13.1. The average Bonchev–Trinajstić information content (AvgIpc) is 2.49. The largest absolute Gasteiger partial charge is 0.481 e. The molecule has 1 amide bonds. The lowest BCUT2D eigenvalue weighted by molar-refractivity contribution is -0.138. The third kappa shape index (κ3) is 3.69. The first-order valence-electron chi connectivity index (χ1n) is 4.99. The molecule has 1 N–H and O–H groups in total. The summed E-state index contributed by atoms with van der Waals surface area (Å²) >= 11 is 0. The number of hydrogen-bond acceptors (Lipinski definition) is 3. The van der Waals surface area contributed by atoms with Gasteiger partial charge in [-0.15, -0.1) is 0 Å². The van der Waals surface area contributed by atoms with Crippen LogP contribution in [-0.2, 0) is 9.53 Å². The first kappa shape index (κ1) is 13.4. The average molecular weight is 249 g/mol. The highest BCUT2D eigenvalue weighted by Crippen LogP contribution is 2.33. The lowest BCUT2D eigenvalue weighted by Crippen LogP contribution is -2.38. The fourth-order valence-corrected chi connectivity index (χ4v) is 1.71. The molecule has 1 saturated heterocycles. The van der Waals surface area contributed by atoms with E-state index in [1.165, 1.54) is 6.08 Å². The molecule has 17 heavy (non-hydrogen) atoms. The van der Waals surface area contributed by atoms with Crippen LogP contribution in [0.1, 0.15) is 12.8 Å². The zero-order valence-electron chi connectivity index (χ0n) is 9.07. The Labute approximate surface area is 96.7 Å². The number of ether oxygens (including phenoxy) is 1. The molecule has 0 aromatic rings. The number of carboxylic acids is 1. The summed E-state index contributed by atoms with van der Waals surface area (Å²) in [6, 6.07) is -1.03. The highest BCUT2D eigenvalue weighted by atomic mass is 19.3. The summed E-state index contributed by atoms with van der Waals surface area (Å²) < 4.78 is 30.9. The van der Waals surface area contributed by atoms with Gasteiger partial charge in [0.1, 0.15) is 6.61 Å². The number of amides is 1. The second-order valence-corrected chi connectivity index (χ2v) is 3.81. The summed E-state index contributed by atoms with van der Waals surface area (Å²) in [5, 5.41) is 8.58. The van der Waals surface area contributed by atoms with Gasteiger partial charge < -0.3 is 9.84 Å². The minimum atomic E-state index is -3.06. The number of hydrogen-bond donors (Lipinski definition) is 1. The highest BCUT2D eigenvalue weighted by molar-refractivity contribution is 5.72. The van der Waals surface area contributed by atoms with E-state index >= 15 is 0 Å². The number of rotatable bonds is 4. The zero-order chi connectivity index (χ0) is 13.1. The first-order valence-corrected chi connectivity index (χ1v) is 4.99. The molecule has 1 aliphatic rings. The lowest BCUT2D eigenvalue weighted by atomic mass is 10.1. The van der Waals surface area contributed by atoms with E-state index < -0.39 is 43.4 Å². The monoisotopic (exact) mass is 249 g/mol. The molecule has 96 valence electrons. The van der Waals surface area contributed by atoms with Crippen LogP contribution < -0.4 is 0 Å². The van der Waals surface area contributed by atoms with Crippen molar-refractivity contribution in [3.63, 3.8) is 0 Å². The van der Waals surface area contributed by atoms with Crippen molar-refractivity contribution in [2.45, 2.75) is 24.8 Å². The van der Waals surface area contributed by atoms with Crippen LogP contribution in [0.3, 0.4) is 0 Å². The summed E-state index contributed by atoms with van der Waals surface area (Å²) in [5.41, 5.74) is 0. The van der Waals surface area contributed by atoms with E-state index in [9.17, 15) is 18.4 Å². The van der Waals surface area contributed by atoms with Gasteiger partial charge >= 0.3 is 12.1 Å². The molecule has 0 aromatic carbocycles. The van der Waals surface area contributed by atoms with E-state index in [0.717, 1.165) is 4.90 Å². The van der Waals surface area contributed by atoms with Gasteiger partial charge in [-0.3, -0.25) is 9.69 Å². The number of halogens is 2. The highest BCUT2D eigenvalue weighted by Gasteiger charge is 2.48. The van der Waals surface area contributed by atoms with Crippen LogP contribution in [0.4, 0.5) is 13.6 Å². The number of nitrogens with zero attached hydrogens (tertiary/aromatic N) is 1. The van der Waals surface area contributed by atoms with Gasteiger partial charge in [0, 0.05) is 6.42 Å². The van der Waals surface area contributed by atoms with Crippen molar-refractivity contribution in [3.8, 4) is 0 Å². The van der Waals surface area contributed by atoms with Gasteiger partial charge in [0.15, 0.2) is 0 Å². The Morgan fingerprint density at radius 3 is 2.76 bits per heavy atom. The van der Waals surface area contributed by atoms with Gasteiger partial charge in [0.05, 0.1) is 19.0 Å². The van der Waals surface area contributed by atoms with Gasteiger partial charge in [0.25, 0.3) is 5.92 Å². The second-order valence-electron chi connectivity index (χ2n) is 3.81. The van der Waals surface area contributed by atoms with Crippen LogP contribution in [0, 0.1) is 0 Å². The molecule has 0 unspecified atom stereocenters. The van der Waals surface area contributed by atoms with Crippen LogP contribution in [0.15, 0.2) is 12.7 Å². The van der Waals surface area contributed by atoms with Crippen molar-refractivity contribution in [2.24, 2.45) is 0 Å². The third-order valence-corrected chi connectivity index (χ3v) is 2.35. The van der Waals surface area contributed by atoms with Gasteiger partial charge in [-0.1, -0.05) is 12.7 Å². The molecule has 0 saturated carbocycles. The van der Waals surface area contributed by atoms with E-state index in [0.29, 0.717) is 0 Å². The predicted octanol–water partition coefficient (Wildman–Crippen LogP) is 1.49. The molecular formula is C10H13F2NO4. The van der Waals surface area contributed by atoms with Gasteiger partial charge in [0.2, 0.25) is 0 Å². The van der Waals surface area contributed by atoms with Gasteiger partial charge in [-0.2, -0.15) is 0 Å². The van der Waals surface area contributed by atoms with Crippen LogP contribution in [-0.4, -0.2) is 47.2 Å². The van der Waals surface area contributed by atoms with Crippen molar-refractivity contribution in [1.82, 2.24) is 4.90 Å². The summed E-state index contributed by atoms with van der Waals surface area (Å²) in [6.45, 7) is 2.42. The molecule has 1 aliphatic heterocycles. The molecule has 0 aliphatic carbocycles. The van der Waals surface area contributed by atoms with Crippen LogP contribution in [0.2, 0.25) is 0 Å². The topological polar surface area (TPSA) is 66.8 Å². The molecule has 1 rings (SSSR count). The quantitative estimate of drug-likeness (QED) is 0.766. The smallest absolute Gasteiger partial charge is 0.410 e. The van der Waals surface area contributed by atoms with E-state index in [1.54, 1.807) is 0 Å². The third-order valence-electron chi connectivity index (χ3n) is 2.35. The standard InChI is InChI=1S/C10H13F2NO4/c1-2-3-17-9(16)13-6-10(11,12)5-7(13)4-8(14)15/h2,7H,1,3-6H2,(H,14,15)/t7-/m1/s1. The lowest BCUT2D eigenvalue weighted by Gasteiger charge is -2.21. The van der Waals surface area contributed by atoms with E-state index in [-0.39, 0.29) is 6.61 Å². The van der Waals surface area contributed by atoms with Crippen molar-refractivity contribution >= 4 is 12.1 Å². The number of carboxylic acid groups (broad SMARTS) is 1. The Kier molecular flexibility index (Phi) is 4.03.